The molecule has 2 rings (SSSR count). The molecule has 0 radical (unpaired) electrons. The molecule has 1 saturated heterocycles. The Hall–Kier alpha value is -0.960. The van der Waals surface area contributed by atoms with Crippen LogP contribution in [0.25, 0.3) is 0 Å². The minimum atomic E-state index is -3.70. The third kappa shape index (κ3) is 2.97. The lowest BCUT2D eigenvalue weighted by atomic mass is 10.4. The van der Waals surface area contributed by atoms with Crippen LogP contribution in [0.1, 0.15) is 16.1 Å². The number of aromatic carboxylic acids is 1. The lowest BCUT2D eigenvalue weighted by molar-refractivity contribution is 0.0698. The van der Waals surface area contributed by atoms with Gasteiger partial charge < -0.3 is 10.0 Å². The first-order valence-electron chi connectivity index (χ1n) is 5.92. The molecule has 1 fully saturated rings. The Bertz CT molecular complexity index is 567. The zero-order valence-corrected chi connectivity index (χ0v) is 12.2. The lowest BCUT2D eigenvalue weighted by Crippen LogP contribution is -2.34. The van der Waals surface area contributed by atoms with Gasteiger partial charge in [0.05, 0.1) is 0 Å². The number of thiophene rings is 1. The predicted octanol–water partition coefficient (Wildman–Crippen LogP) is 0.772. The molecular formula is C11H16N2O4S2. The number of hydrogen-bond donors (Lipinski definition) is 1. The highest BCUT2D eigenvalue weighted by molar-refractivity contribution is 7.89. The van der Waals surface area contributed by atoms with Gasteiger partial charge >= 0.3 is 5.97 Å². The Kier molecular flexibility index (Phi) is 4.24. The molecule has 1 aliphatic heterocycles. The van der Waals surface area contributed by atoms with Crippen LogP contribution in [0, 0.1) is 0 Å². The van der Waals surface area contributed by atoms with E-state index in [1.165, 1.54) is 15.8 Å². The predicted molar refractivity (Wildman–Crippen MR) is 72.2 cm³/mol. The van der Waals surface area contributed by atoms with Crippen LogP contribution in [0.4, 0.5) is 0 Å². The molecule has 1 aromatic heterocycles. The molecule has 6 nitrogen and oxygen atoms in total. The van der Waals surface area contributed by atoms with Crippen LogP contribution in [0.3, 0.4) is 0 Å². The van der Waals surface area contributed by atoms with Gasteiger partial charge in [0.15, 0.2) is 0 Å². The molecule has 0 aliphatic carbocycles. The average molecular weight is 304 g/mol. The molecule has 1 N–H and O–H groups in total. The van der Waals surface area contributed by atoms with Crippen molar-refractivity contribution in [1.29, 1.82) is 0 Å². The van der Waals surface area contributed by atoms with Crippen molar-refractivity contribution in [1.82, 2.24) is 9.21 Å². The fraction of sp³-hybridized carbons (Fsp3) is 0.545. The molecule has 0 atom stereocenters. The highest BCUT2D eigenvalue weighted by Gasteiger charge is 2.30. The van der Waals surface area contributed by atoms with E-state index in [1.807, 2.05) is 7.05 Å². The molecule has 106 valence electrons. The molecule has 2 heterocycles. The van der Waals surface area contributed by atoms with Crippen LogP contribution < -0.4 is 0 Å². The first-order chi connectivity index (χ1) is 8.93. The van der Waals surface area contributed by atoms with Gasteiger partial charge in [0.1, 0.15) is 9.77 Å². The van der Waals surface area contributed by atoms with E-state index in [2.05, 4.69) is 4.90 Å². The minimum Gasteiger partial charge on any atom is -0.477 e. The van der Waals surface area contributed by atoms with E-state index in [4.69, 9.17) is 5.11 Å². The van der Waals surface area contributed by atoms with Gasteiger partial charge in [-0.1, -0.05) is 0 Å². The van der Waals surface area contributed by atoms with Gasteiger partial charge in [0, 0.05) is 19.6 Å². The van der Waals surface area contributed by atoms with Crippen molar-refractivity contribution in [2.24, 2.45) is 0 Å². The topological polar surface area (TPSA) is 77.9 Å². The van der Waals surface area contributed by atoms with Gasteiger partial charge in [-0.05, 0) is 31.5 Å². The number of nitrogens with zero attached hydrogens (tertiary/aromatic N) is 2. The summed E-state index contributed by atoms with van der Waals surface area (Å²) in [6.45, 7) is 2.34. The highest BCUT2D eigenvalue weighted by Crippen LogP contribution is 2.25. The second kappa shape index (κ2) is 5.58. The monoisotopic (exact) mass is 304 g/mol. The molecule has 0 spiro atoms. The molecule has 8 heteroatoms. The van der Waals surface area contributed by atoms with E-state index in [9.17, 15) is 13.2 Å². The zero-order valence-electron chi connectivity index (χ0n) is 10.6. The van der Waals surface area contributed by atoms with Gasteiger partial charge in [-0.25, -0.2) is 13.2 Å². The van der Waals surface area contributed by atoms with Crippen LogP contribution in [-0.2, 0) is 10.0 Å². The molecule has 1 aliphatic rings. The van der Waals surface area contributed by atoms with E-state index in [0.717, 1.165) is 24.3 Å². The molecule has 1 aromatic rings. The maximum absolute atomic E-state index is 12.5. The summed E-state index contributed by atoms with van der Waals surface area (Å²) in [6.07, 6.45) is 0.752. The van der Waals surface area contributed by atoms with Crippen LogP contribution >= 0.6 is 11.3 Å². The summed E-state index contributed by atoms with van der Waals surface area (Å²) in [5, 5.41) is 10.5. The van der Waals surface area contributed by atoms with Crippen LogP contribution in [0.2, 0.25) is 0 Å². The average Bonchev–Trinajstić information content (AvgIpc) is 2.73. The summed E-state index contributed by atoms with van der Waals surface area (Å²) in [4.78, 5) is 12.9. The van der Waals surface area contributed by atoms with Crippen molar-refractivity contribution in [2.75, 3.05) is 33.2 Å². The second-order valence-electron chi connectivity index (χ2n) is 4.48. The van der Waals surface area contributed by atoms with Crippen molar-refractivity contribution in [3.63, 3.8) is 0 Å². The lowest BCUT2D eigenvalue weighted by Gasteiger charge is -2.19. The number of sulfonamides is 1. The first-order valence-corrected chi connectivity index (χ1v) is 8.24. The number of likely N-dealkylation sites (N-methyl/N-ethyl adjacent to an activating group) is 1. The standard InChI is InChI=1S/C11H16N2O4S2/c1-12-4-2-5-13(7-6-12)19(16,17)9-3-8-18-10(9)11(14)15/h3,8H,2,4-7H2,1H3,(H,14,15). The zero-order chi connectivity index (χ0) is 14.0. The highest BCUT2D eigenvalue weighted by atomic mass is 32.2. The van der Waals surface area contributed by atoms with Gasteiger partial charge in [-0.3, -0.25) is 0 Å². The minimum absolute atomic E-state index is 0.0884. The summed E-state index contributed by atoms with van der Waals surface area (Å²) in [5.74, 6) is -1.19. The maximum Gasteiger partial charge on any atom is 0.347 e. The van der Waals surface area contributed by atoms with Gasteiger partial charge in [-0.2, -0.15) is 4.31 Å². The molecule has 19 heavy (non-hydrogen) atoms. The summed E-state index contributed by atoms with van der Waals surface area (Å²) in [5.41, 5.74) is 0. The summed E-state index contributed by atoms with van der Waals surface area (Å²) in [7, 11) is -1.76. The fourth-order valence-electron chi connectivity index (χ4n) is 2.06. The van der Waals surface area contributed by atoms with Gasteiger partial charge in [0.25, 0.3) is 0 Å². The molecule has 0 amide bonds. The van der Waals surface area contributed by atoms with Crippen LogP contribution in [0.5, 0.6) is 0 Å². The largest absolute Gasteiger partial charge is 0.477 e. The van der Waals surface area contributed by atoms with E-state index in [1.54, 1.807) is 0 Å². The molecule has 0 saturated carbocycles. The van der Waals surface area contributed by atoms with E-state index >= 15 is 0 Å². The first kappa shape index (κ1) is 14.4. The van der Waals surface area contributed by atoms with E-state index in [-0.39, 0.29) is 9.77 Å². The SMILES string of the molecule is CN1CCCN(S(=O)(=O)c2ccsc2C(=O)O)CC1. The number of carboxylic acid groups (broad SMARTS) is 1. The smallest absolute Gasteiger partial charge is 0.347 e. The summed E-state index contributed by atoms with van der Waals surface area (Å²) in [6, 6.07) is 1.37. The normalized spacial score (nSPS) is 19.2. The second-order valence-corrected chi connectivity index (χ2v) is 7.30. The van der Waals surface area contributed by atoms with Crippen molar-refractivity contribution < 1.29 is 18.3 Å². The Labute approximate surface area is 116 Å². The molecule has 0 unspecified atom stereocenters. The van der Waals surface area contributed by atoms with Gasteiger partial charge in [-0.15, -0.1) is 11.3 Å². The van der Waals surface area contributed by atoms with Crippen molar-refractivity contribution in [2.45, 2.75) is 11.3 Å². The Morgan fingerprint density at radius 3 is 2.74 bits per heavy atom. The van der Waals surface area contributed by atoms with Crippen molar-refractivity contribution in [3.8, 4) is 0 Å². The molecule has 0 aromatic carbocycles. The number of hydrogen-bond acceptors (Lipinski definition) is 5. The molecular weight excluding hydrogens is 288 g/mol. The summed E-state index contributed by atoms with van der Waals surface area (Å²) >= 11 is 0.938. The van der Waals surface area contributed by atoms with Gasteiger partial charge in [0.2, 0.25) is 10.0 Å². The number of rotatable bonds is 3. The molecule has 0 bridgehead atoms. The van der Waals surface area contributed by atoms with Crippen molar-refractivity contribution in [3.05, 3.63) is 16.3 Å². The fourth-order valence-corrected chi connectivity index (χ4v) is 4.76. The Morgan fingerprint density at radius 2 is 2.05 bits per heavy atom. The van der Waals surface area contributed by atoms with Crippen LogP contribution in [-0.4, -0.2) is 61.9 Å². The Balaban J connectivity index is 2.31. The number of carboxylic acids is 1. The van der Waals surface area contributed by atoms with Crippen molar-refractivity contribution >= 4 is 27.3 Å². The number of carbonyl (C=O) groups is 1. The third-order valence-corrected chi connectivity index (χ3v) is 6.09. The Morgan fingerprint density at radius 1 is 1.32 bits per heavy atom. The van der Waals surface area contributed by atoms with E-state index in [0.29, 0.717) is 19.6 Å². The maximum atomic E-state index is 12.5. The third-order valence-electron chi connectivity index (χ3n) is 3.12. The van der Waals surface area contributed by atoms with Crippen LogP contribution in [0.15, 0.2) is 16.3 Å². The van der Waals surface area contributed by atoms with E-state index < -0.39 is 16.0 Å². The summed E-state index contributed by atoms with van der Waals surface area (Å²) < 4.78 is 26.3. The quantitative estimate of drug-likeness (QED) is 0.892.